The molecular formula is C24H24N4O6S3. The van der Waals surface area contributed by atoms with Crippen LogP contribution >= 0.6 is 0 Å². The molecule has 1 saturated heterocycles. The summed E-state index contributed by atoms with van der Waals surface area (Å²) in [6.07, 6.45) is 3.17. The minimum atomic E-state index is -3.89. The number of sulfone groups is 1. The molecular weight excluding hydrogens is 536 g/mol. The molecule has 4 aromatic rings. The smallest absolute Gasteiger partial charge is 0.255 e. The predicted octanol–water partition coefficient (Wildman–Crippen LogP) is 2.50. The molecule has 0 bridgehead atoms. The zero-order valence-corrected chi connectivity index (χ0v) is 22.2. The maximum Gasteiger partial charge on any atom is 0.269 e. The first-order valence-electron chi connectivity index (χ1n) is 11.4. The standard InChI is InChI=1S/C24H24N4O6S3/c1-17-15-22-21(9-12-25-24(22)28(17)37(33,34)19-5-3-2-4-6-19)23-8-7-20(16-26-23)36(31,32)27-18-10-13-35(29,30)14-11-18/h2-9,12,15-16,18,27H,10-11,13-14H2,1H3. The lowest BCUT2D eigenvalue weighted by atomic mass is 10.1. The van der Waals surface area contributed by atoms with Crippen molar-refractivity contribution in [2.24, 2.45) is 0 Å². The maximum absolute atomic E-state index is 13.3. The predicted molar refractivity (Wildman–Crippen MR) is 139 cm³/mol. The van der Waals surface area contributed by atoms with E-state index in [2.05, 4.69) is 14.7 Å². The van der Waals surface area contributed by atoms with E-state index in [1.54, 1.807) is 43.3 Å². The SMILES string of the molecule is Cc1cc2c(-c3ccc(S(=O)(=O)NC4CCS(=O)(=O)CC4)cn3)ccnc2n1S(=O)(=O)c1ccccc1. The molecule has 1 aliphatic rings. The molecule has 1 aromatic carbocycles. The third kappa shape index (κ3) is 4.91. The van der Waals surface area contributed by atoms with Crippen LogP contribution in [0.15, 0.2) is 76.8 Å². The van der Waals surface area contributed by atoms with Gasteiger partial charge in [-0.15, -0.1) is 0 Å². The topological polar surface area (TPSA) is 145 Å². The van der Waals surface area contributed by atoms with Gasteiger partial charge in [0.05, 0.1) is 22.1 Å². The number of hydrogen-bond donors (Lipinski definition) is 1. The van der Waals surface area contributed by atoms with Crippen LogP contribution < -0.4 is 4.72 Å². The molecule has 13 heteroatoms. The molecule has 194 valence electrons. The number of rotatable bonds is 6. The second-order valence-corrected chi connectivity index (χ2v) is 14.7. The van der Waals surface area contributed by atoms with E-state index >= 15 is 0 Å². The van der Waals surface area contributed by atoms with Crippen LogP contribution in [0.1, 0.15) is 18.5 Å². The highest BCUT2D eigenvalue weighted by Crippen LogP contribution is 2.31. The molecule has 0 saturated carbocycles. The number of nitrogens with zero attached hydrogens (tertiary/aromatic N) is 3. The van der Waals surface area contributed by atoms with Crippen LogP contribution in [0.5, 0.6) is 0 Å². The Balaban J connectivity index is 1.47. The molecule has 1 aliphatic heterocycles. The zero-order chi connectivity index (χ0) is 26.4. The van der Waals surface area contributed by atoms with E-state index in [0.29, 0.717) is 22.3 Å². The Morgan fingerprint density at radius 2 is 1.62 bits per heavy atom. The van der Waals surface area contributed by atoms with Crippen LogP contribution in [0.2, 0.25) is 0 Å². The molecule has 1 fully saturated rings. The molecule has 0 aliphatic carbocycles. The fourth-order valence-corrected chi connectivity index (χ4v) is 8.68. The van der Waals surface area contributed by atoms with Crippen LogP contribution in [0, 0.1) is 6.92 Å². The number of pyridine rings is 2. The largest absolute Gasteiger partial charge is 0.269 e. The fourth-order valence-electron chi connectivity index (χ4n) is 4.42. The second kappa shape index (κ2) is 9.31. The third-order valence-corrected chi connectivity index (χ3v) is 11.3. The summed E-state index contributed by atoms with van der Waals surface area (Å²) in [5, 5.41) is 0.559. The van der Waals surface area contributed by atoms with Crippen molar-refractivity contribution in [3.63, 3.8) is 0 Å². The lowest BCUT2D eigenvalue weighted by Crippen LogP contribution is -2.40. The van der Waals surface area contributed by atoms with Crippen molar-refractivity contribution in [2.45, 2.75) is 35.6 Å². The second-order valence-electron chi connectivity index (χ2n) is 8.89. The van der Waals surface area contributed by atoms with E-state index in [4.69, 9.17) is 0 Å². The average Bonchev–Trinajstić information content (AvgIpc) is 3.22. The van der Waals surface area contributed by atoms with E-state index in [-0.39, 0.29) is 39.8 Å². The number of hydrogen-bond acceptors (Lipinski definition) is 8. The number of nitrogens with one attached hydrogen (secondary N) is 1. The molecule has 10 nitrogen and oxygen atoms in total. The number of sulfonamides is 1. The van der Waals surface area contributed by atoms with Crippen molar-refractivity contribution in [1.29, 1.82) is 0 Å². The molecule has 1 N–H and O–H groups in total. The molecule has 0 atom stereocenters. The maximum atomic E-state index is 13.3. The Hall–Kier alpha value is -3.13. The van der Waals surface area contributed by atoms with E-state index in [9.17, 15) is 25.3 Å². The van der Waals surface area contributed by atoms with E-state index in [1.165, 1.54) is 34.6 Å². The van der Waals surface area contributed by atoms with Gasteiger partial charge in [-0.25, -0.2) is 38.9 Å². The zero-order valence-electron chi connectivity index (χ0n) is 19.8. The quantitative estimate of drug-likeness (QED) is 0.379. The van der Waals surface area contributed by atoms with E-state index in [0.717, 1.165) is 0 Å². The molecule has 0 spiro atoms. The lowest BCUT2D eigenvalue weighted by molar-refractivity contribution is 0.505. The molecule has 37 heavy (non-hydrogen) atoms. The van der Waals surface area contributed by atoms with Gasteiger partial charge < -0.3 is 0 Å². The molecule has 0 unspecified atom stereocenters. The van der Waals surface area contributed by atoms with Crippen molar-refractivity contribution in [2.75, 3.05) is 11.5 Å². The Kier molecular flexibility index (Phi) is 6.42. The monoisotopic (exact) mass is 560 g/mol. The highest BCUT2D eigenvalue weighted by molar-refractivity contribution is 7.91. The van der Waals surface area contributed by atoms with E-state index < -0.39 is 35.9 Å². The van der Waals surface area contributed by atoms with Gasteiger partial charge in [0, 0.05) is 35.1 Å². The van der Waals surface area contributed by atoms with Crippen molar-refractivity contribution >= 4 is 40.9 Å². The number of fused-ring (bicyclic) bond motifs is 1. The summed E-state index contributed by atoms with van der Waals surface area (Å²) in [7, 11) is -10.9. The van der Waals surface area contributed by atoms with Gasteiger partial charge in [0.2, 0.25) is 10.0 Å². The minimum Gasteiger partial charge on any atom is -0.255 e. The van der Waals surface area contributed by atoms with Gasteiger partial charge in [-0.05, 0) is 56.2 Å². The number of aromatic nitrogens is 3. The van der Waals surface area contributed by atoms with E-state index in [1.807, 2.05) is 0 Å². The van der Waals surface area contributed by atoms with Crippen LogP contribution in [0.25, 0.3) is 22.3 Å². The van der Waals surface area contributed by atoms with Gasteiger partial charge in [-0.2, -0.15) is 0 Å². The first-order chi connectivity index (χ1) is 17.5. The summed E-state index contributed by atoms with van der Waals surface area (Å²) < 4.78 is 79.3. The Morgan fingerprint density at radius 3 is 2.27 bits per heavy atom. The van der Waals surface area contributed by atoms with Crippen molar-refractivity contribution < 1.29 is 25.3 Å². The Morgan fingerprint density at radius 1 is 0.919 bits per heavy atom. The first kappa shape index (κ1) is 25.5. The van der Waals surface area contributed by atoms with Crippen LogP contribution in [-0.4, -0.2) is 56.7 Å². The third-order valence-electron chi connectivity index (χ3n) is 6.32. The summed E-state index contributed by atoms with van der Waals surface area (Å²) in [5.41, 5.74) is 1.76. The molecule has 4 heterocycles. The average molecular weight is 561 g/mol. The van der Waals surface area contributed by atoms with Gasteiger partial charge >= 0.3 is 0 Å². The highest BCUT2D eigenvalue weighted by Gasteiger charge is 2.28. The minimum absolute atomic E-state index is 0.0459. The first-order valence-corrected chi connectivity index (χ1v) is 16.2. The van der Waals surface area contributed by atoms with Gasteiger partial charge in [-0.3, -0.25) is 4.98 Å². The van der Waals surface area contributed by atoms with Gasteiger partial charge in [-0.1, -0.05) is 18.2 Å². The van der Waals surface area contributed by atoms with Gasteiger partial charge in [0.1, 0.15) is 14.7 Å². The summed E-state index contributed by atoms with van der Waals surface area (Å²) >= 11 is 0. The van der Waals surface area contributed by atoms with Crippen LogP contribution in [0.4, 0.5) is 0 Å². The van der Waals surface area contributed by atoms with Gasteiger partial charge in [0.15, 0.2) is 5.65 Å². The summed E-state index contributed by atoms with van der Waals surface area (Å²) in [6.45, 7) is 1.68. The lowest BCUT2D eigenvalue weighted by Gasteiger charge is -2.22. The van der Waals surface area contributed by atoms with Crippen molar-refractivity contribution in [1.82, 2.24) is 18.7 Å². The highest BCUT2D eigenvalue weighted by atomic mass is 32.2. The molecule has 0 radical (unpaired) electrons. The fraction of sp³-hybridized carbons (Fsp3) is 0.250. The summed E-state index contributed by atoms with van der Waals surface area (Å²) in [4.78, 5) is 8.75. The van der Waals surface area contributed by atoms with Crippen LogP contribution in [-0.2, 0) is 29.9 Å². The normalized spacial score (nSPS) is 16.7. The summed E-state index contributed by atoms with van der Waals surface area (Å²) in [6, 6.07) is 14.0. The molecule has 0 amide bonds. The molecule has 3 aromatic heterocycles. The Labute approximate surface area is 215 Å². The van der Waals surface area contributed by atoms with Crippen LogP contribution in [0.3, 0.4) is 0 Å². The van der Waals surface area contributed by atoms with Crippen molar-refractivity contribution in [3.05, 3.63) is 72.7 Å². The summed E-state index contributed by atoms with van der Waals surface area (Å²) in [5.74, 6) is -0.0943. The number of benzene rings is 1. The molecule has 5 rings (SSSR count). The van der Waals surface area contributed by atoms with Crippen molar-refractivity contribution in [3.8, 4) is 11.3 Å². The van der Waals surface area contributed by atoms with Gasteiger partial charge in [0.25, 0.3) is 10.0 Å². The number of aryl methyl sites for hydroxylation is 1. The Bertz CT molecular complexity index is 1790.